The first kappa shape index (κ1) is 23.1. The van der Waals surface area contributed by atoms with Crippen molar-refractivity contribution in [1.29, 1.82) is 0 Å². The number of anilines is 1. The summed E-state index contributed by atoms with van der Waals surface area (Å²) in [6, 6.07) is 17.9. The summed E-state index contributed by atoms with van der Waals surface area (Å²) in [6.07, 6.45) is 0. The van der Waals surface area contributed by atoms with E-state index in [1.807, 2.05) is 6.92 Å². The number of benzene rings is 3. The van der Waals surface area contributed by atoms with Crippen molar-refractivity contribution in [3.8, 4) is 5.75 Å². The molecule has 0 saturated carbocycles. The second-order valence-corrected chi connectivity index (χ2v) is 8.62. The molecule has 2 amide bonds. The lowest BCUT2D eigenvalue weighted by molar-refractivity contribution is 0.0846. The van der Waals surface area contributed by atoms with Gasteiger partial charge in [-0.1, -0.05) is 11.6 Å². The molecule has 3 N–H and O–H groups in total. The third kappa shape index (κ3) is 5.99. The van der Waals surface area contributed by atoms with E-state index in [0.717, 1.165) is 0 Å². The van der Waals surface area contributed by atoms with E-state index in [9.17, 15) is 18.0 Å². The lowest BCUT2D eigenvalue weighted by Crippen LogP contribution is -2.41. The smallest absolute Gasteiger partial charge is 0.269 e. The summed E-state index contributed by atoms with van der Waals surface area (Å²) in [6.45, 7) is 2.37. The van der Waals surface area contributed by atoms with Crippen LogP contribution < -0.4 is 20.3 Å². The van der Waals surface area contributed by atoms with Crippen LogP contribution in [0.2, 0.25) is 5.02 Å². The Hall–Kier alpha value is -3.56. The molecular weight excluding hydrogens is 454 g/mol. The van der Waals surface area contributed by atoms with Gasteiger partial charge in [0.05, 0.1) is 11.5 Å². The average molecular weight is 474 g/mol. The van der Waals surface area contributed by atoms with Crippen LogP contribution in [0.4, 0.5) is 5.69 Å². The van der Waals surface area contributed by atoms with Gasteiger partial charge in [0.15, 0.2) is 0 Å². The molecule has 0 aliphatic carbocycles. The van der Waals surface area contributed by atoms with Crippen LogP contribution in [0.3, 0.4) is 0 Å². The third-order valence-corrected chi connectivity index (χ3v) is 5.89. The Morgan fingerprint density at radius 2 is 1.31 bits per heavy atom. The van der Waals surface area contributed by atoms with Gasteiger partial charge in [-0.25, -0.2) is 8.42 Å². The Kier molecular flexibility index (Phi) is 7.34. The van der Waals surface area contributed by atoms with E-state index >= 15 is 0 Å². The fraction of sp³-hybridized carbons (Fsp3) is 0.0909. The molecule has 0 atom stereocenters. The van der Waals surface area contributed by atoms with Gasteiger partial charge in [-0.05, 0) is 79.7 Å². The topological polar surface area (TPSA) is 114 Å². The fourth-order valence-electron chi connectivity index (χ4n) is 2.64. The van der Waals surface area contributed by atoms with Crippen LogP contribution in [0.1, 0.15) is 27.6 Å². The molecule has 0 aliphatic heterocycles. The van der Waals surface area contributed by atoms with E-state index in [4.69, 9.17) is 16.3 Å². The van der Waals surface area contributed by atoms with Crippen molar-refractivity contribution in [3.05, 3.63) is 88.9 Å². The quantitative estimate of drug-likeness (QED) is 0.453. The summed E-state index contributed by atoms with van der Waals surface area (Å²) >= 11 is 5.78. The van der Waals surface area contributed by atoms with Crippen LogP contribution in [0.25, 0.3) is 0 Å². The van der Waals surface area contributed by atoms with Gasteiger partial charge in [-0.15, -0.1) is 0 Å². The third-order valence-electron chi connectivity index (χ3n) is 4.24. The van der Waals surface area contributed by atoms with Crippen LogP contribution in [0.15, 0.2) is 77.7 Å². The maximum absolute atomic E-state index is 12.6. The highest BCUT2D eigenvalue weighted by atomic mass is 35.5. The van der Waals surface area contributed by atoms with Gasteiger partial charge < -0.3 is 4.74 Å². The highest BCUT2D eigenvalue weighted by molar-refractivity contribution is 7.92. The van der Waals surface area contributed by atoms with Gasteiger partial charge in [0.25, 0.3) is 21.8 Å². The number of halogens is 1. The molecule has 32 heavy (non-hydrogen) atoms. The summed E-state index contributed by atoms with van der Waals surface area (Å²) in [4.78, 5) is 24.3. The largest absolute Gasteiger partial charge is 0.494 e. The zero-order valence-electron chi connectivity index (χ0n) is 17.0. The monoisotopic (exact) mass is 473 g/mol. The number of hydrogen-bond donors (Lipinski definition) is 3. The van der Waals surface area contributed by atoms with Crippen LogP contribution in [-0.2, 0) is 10.0 Å². The number of carbonyl (C=O) groups excluding carboxylic acids is 2. The van der Waals surface area contributed by atoms with Gasteiger partial charge in [0.1, 0.15) is 5.75 Å². The molecule has 0 saturated heterocycles. The molecule has 166 valence electrons. The Balaban J connectivity index is 1.61. The Bertz CT molecular complexity index is 1200. The van der Waals surface area contributed by atoms with Crippen molar-refractivity contribution in [1.82, 2.24) is 10.9 Å². The Morgan fingerprint density at radius 3 is 1.81 bits per heavy atom. The van der Waals surface area contributed by atoms with Crippen LogP contribution in [0, 0.1) is 0 Å². The highest BCUT2D eigenvalue weighted by Crippen LogP contribution is 2.20. The average Bonchev–Trinajstić information content (AvgIpc) is 2.79. The van der Waals surface area contributed by atoms with E-state index < -0.39 is 21.8 Å². The van der Waals surface area contributed by atoms with E-state index in [-0.39, 0.29) is 10.5 Å². The van der Waals surface area contributed by atoms with Crippen LogP contribution in [0.5, 0.6) is 5.75 Å². The summed E-state index contributed by atoms with van der Waals surface area (Å²) in [5.74, 6) is -0.488. The van der Waals surface area contributed by atoms with Crippen molar-refractivity contribution in [3.63, 3.8) is 0 Å². The van der Waals surface area contributed by atoms with Crippen molar-refractivity contribution in [2.45, 2.75) is 11.8 Å². The molecule has 8 nitrogen and oxygen atoms in total. The number of nitrogens with one attached hydrogen (secondary N) is 3. The Labute approximate surface area is 190 Å². The predicted molar refractivity (Wildman–Crippen MR) is 121 cm³/mol. The van der Waals surface area contributed by atoms with Crippen molar-refractivity contribution in [2.24, 2.45) is 0 Å². The maximum Gasteiger partial charge on any atom is 0.269 e. The molecule has 0 bridgehead atoms. The lowest BCUT2D eigenvalue weighted by atomic mass is 10.2. The molecule has 10 heteroatoms. The molecule has 3 rings (SSSR count). The van der Waals surface area contributed by atoms with Crippen molar-refractivity contribution >= 4 is 39.1 Å². The number of hydrogen-bond acceptors (Lipinski definition) is 5. The van der Waals surface area contributed by atoms with Gasteiger partial charge >= 0.3 is 0 Å². The minimum absolute atomic E-state index is 0.0202. The summed E-state index contributed by atoms with van der Waals surface area (Å²) in [5.41, 5.74) is 5.42. The van der Waals surface area contributed by atoms with Gasteiger partial charge in [-0.3, -0.25) is 25.2 Å². The molecule has 3 aromatic carbocycles. The number of rotatable bonds is 7. The second-order valence-electron chi connectivity index (χ2n) is 6.50. The lowest BCUT2D eigenvalue weighted by Gasteiger charge is -2.10. The number of hydrazine groups is 1. The molecule has 0 radical (unpaired) electrons. The number of carbonyl (C=O) groups is 2. The number of sulfonamides is 1. The summed E-state index contributed by atoms with van der Waals surface area (Å²) in [7, 11) is -3.85. The van der Waals surface area contributed by atoms with Crippen molar-refractivity contribution in [2.75, 3.05) is 11.3 Å². The van der Waals surface area contributed by atoms with E-state index in [1.165, 1.54) is 36.4 Å². The first-order chi connectivity index (χ1) is 15.3. The minimum atomic E-state index is -3.85. The maximum atomic E-state index is 12.6. The molecule has 0 aromatic heterocycles. The van der Waals surface area contributed by atoms with E-state index in [1.54, 1.807) is 36.4 Å². The fourth-order valence-corrected chi connectivity index (χ4v) is 3.83. The zero-order valence-corrected chi connectivity index (χ0v) is 18.5. The summed E-state index contributed by atoms with van der Waals surface area (Å²) < 4.78 is 33.0. The molecule has 0 aliphatic rings. The molecule has 0 unspecified atom stereocenters. The second kappa shape index (κ2) is 10.2. The highest BCUT2D eigenvalue weighted by Gasteiger charge is 2.16. The molecule has 0 spiro atoms. The van der Waals surface area contributed by atoms with Crippen molar-refractivity contribution < 1.29 is 22.7 Å². The normalized spacial score (nSPS) is 10.8. The predicted octanol–water partition coefficient (Wildman–Crippen LogP) is 3.61. The molecule has 0 fully saturated rings. The first-order valence-corrected chi connectivity index (χ1v) is 11.4. The number of amides is 2. The minimum Gasteiger partial charge on any atom is -0.494 e. The van der Waals surface area contributed by atoms with Gasteiger partial charge in [0, 0.05) is 21.8 Å². The van der Waals surface area contributed by atoms with E-state index in [2.05, 4.69) is 15.6 Å². The van der Waals surface area contributed by atoms with Crippen LogP contribution in [-0.4, -0.2) is 26.8 Å². The zero-order chi connectivity index (χ0) is 23.1. The van der Waals surface area contributed by atoms with Gasteiger partial charge in [0.2, 0.25) is 0 Å². The SMILES string of the molecule is CCOc1ccc(NS(=O)(=O)c2ccc(C(=O)NNC(=O)c3ccc(Cl)cc3)cc2)cc1. The number of ether oxygens (including phenoxy) is 1. The van der Waals surface area contributed by atoms with Crippen LogP contribution >= 0.6 is 11.6 Å². The first-order valence-electron chi connectivity index (χ1n) is 9.50. The van der Waals surface area contributed by atoms with E-state index in [0.29, 0.717) is 28.6 Å². The van der Waals surface area contributed by atoms with Gasteiger partial charge in [-0.2, -0.15) is 0 Å². The molecule has 3 aromatic rings. The molecular formula is C22H20ClN3O5S. The summed E-state index contributed by atoms with van der Waals surface area (Å²) in [5, 5.41) is 0.484. The molecule has 0 heterocycles. The standard InChI is InChI=1S/C22H20ClN3O5S/c1-2-31-19-11-9-18(10-12-19)26-32(29,30)20-13-5-16(6-14-20)22(28)25-24-21(27)15-3-7-17(23)8-4-15/h3-14,26H,2H2,1H3,(H,24,27)(H,25,28). The Morgan fingerprint density at radius 1 is 0.812 bits per heavy atom.